The van der Waals surface area contributed by atoms with Crippen molar-refractivity contribution in [3.05, 3.63) is 10.4 Å². The van der Waals surface area contributed by atoms with Crippen LogP contribution in [0, 0.1) is 0 Å². The van der Waals surface area contributed by atoms with Gasteiger partial charge in [-0.3, -0.25) is 0 Å². The van der Waals surface area contributed by atoms with Gasteiger partial charge in [0.1, 0.15) is 0 Å². The minimum atomic E-state index is -0.815. The molecule has 1 amide bonds. The van der Waals surface area contributed by atoms with E-state index < -0.39 is 18.2 Å². The third-order valence-electron chi connectivity index (χ3n) is 2.34. The molecular weight excluding hydrogens is 212 g/mol. The Hall–Kier alpha value is -1.46. The van der Waals surface area contributed by atoms with Gasteiger partial charge in [-0.15, -0.1) is 0 Å². The summed E-state index contributed by atoms with van der Waals surface area (Å²) in [5.74, 6) is 0. The molecule has 1 rings (SSSR count). The Labute approximate surface area is 93.6 Å². The number of nitrogens with zero attached hydrogens (tertiary/aromatic N) is 4. The lowest BCUT2D eigenvalue weighted by Gasteiger charge is -2.33. The first-order chi connectivity index (χ1) is 7.54. The maximum absolute atomic E-state index is 11.5. The first-order valence-corrected chi connectivity index (χ1v) is 5.22. The highest BCUT2D eigenvalue weighted by Crippen LogP contribution is 2.15. The third kappa shape index (κ3) is 3.29. The van der Waals surface area contributed by atoms with E-state index in [4.69, 9.17) is 10.3 Å². The predicted molar refractivity (Wildman–Crippen MR) is 56.7 cm³/mol. The highest BCUT2D eigenvalue weighted by atomic mass is 16.6. The van der Waals surface area contributed by atoms with Gasteiger partial charge >= 0.3 is 6.09 Å². The molecule has 0 radical (unpaired) electrons. The second-order valence-corrected chi connectivity index (χ2v) is 4.01. The molecule has 0 spiro atoms. The van der Waals surface area contributed by atoms with Crippen molar-refractivity contribution >= 4 is 6.09 Å². The lowest BCUT2D eigenvalue weighted by molar-refractivity contribution is 0.0281. The summed E-state index contributed by atoms with van der Waals surface area (Å²) in [4.78, 5) is 15.6. The quantitative estimate of drug-likeness (QED) is 0.437. The lowest BCUT2D eigenvalue weighted by atomic mass is 10.0. The van der Waals surface area contributed by atoms with Crippen molar-refractivity contribution in [2.45, 2.75) is 38.5 Å². The number of hydrogen-bond acceptors (Lipinski definition) is 4. The largest absolute Gasteiger partial charge is 0.447 e. The van der Waals surface area contributed by atoms with Gasteiger partial charge in [0.15, 0.2) is 0 Å². The zero-order valence-electron chi connectivity index (χ0n) is 9.41. The van der Waals surface area contributed by atoms with Gasteiger partial charge in [0.2, 0.25) is 0 Å². The number of piperidine rings is 1. The Kier molecular flexibility index (Phi) is 4.39. The number of hydrogen-bond donors (Lipinski definition) is 1. The van der Waals surface area contributed by atoms with E-state index in [2.05, 4.69) is 10.0 Å². The van der Waals surface area contributed by atoms with Crippen molar-refractivity contribution in [1.82, 2.24) is 4.90 Å². The van der Waals surface area contributed by atoms with Gasteiger partial charge in [-0.05, 0) is 25.8 Å². The monoisotopic (exact) mass is 228 g/mol. The Morgan fingerprint density at radius 1 is 1.69 bits per heavy atom. The summed E-state index contributed by atoms with van der Waals surface area (Å²) in [6.07, 6.45) is -0.976. The Bertz CT molecular complexity index is 301. The van der Waals surface area contributed by atoms with E-state index in [1.807, 2.05) is 0 Å². The molecule has 0 aromatic carbocycles. The number of aliphatic hydroxyl groups excluding tert-OH is 1. The highest BCUT2D eigenvalue weighted by molar-refractivity contribution is 5.68. The van der Waals surface area contributed by atoms with Crippen LogP contribution < -0.4 is 0 Å². The topological polar surface area (TPSA) is 98.5 Å². The number of rotatable bonds is 2. The number of β-amino-alcohol motifs (C(OH)–C–C–N with tert-alkyl or cyclic N) is 1. The molecule has 0 unspecified atom stereocenters. The second-order valence-electron chi connectivity index (χ2n) is 4.01. The number of likely N-dealkylation sites (tertiary alicyclic amines) is 1. The van der Waals surface area contributed by atoms with Gasteiger partial charge in [-0.2, -0.15) is 0 Å². The van der Waals surface area contributed by atoms with Crippen molar-refractivity contribution < 1.29 is 14.6 Å². The normalized spacial score (nSPS) is 25.1. The van der Waals surface area contributed by atoms with Crippen molar-refractivity contribution in [3.8, 4) is 0 Å². The SMILES string of the molecule is CC(C)OC(=O)N1CC[C@@H](N=[N+]=[N-])[C@H](O)C1. The van der Waals surface area contributed by atoms with Crippen LogP contribution in [0.2, 0.25) is 0 Å². The van der Waals surface area contributed by atoms with Crippen LogP contribution in [0.4, 0.5) is 4.79 Å². The van der Waals surface area contributed by atoms with E-state index in [9.17, 15) is 9.90 Å². The van der Waals surface area contributed by atoms with Crippen molar-refractivity contribution in [1.29, 1.82) is 0 Å². The first kappa shape index (κ1) is 12.6. The molecule has 1 fully saturated rings. The molecule has 0 aromatic heterocycles. The average Bonchev–Trinajstić information content (AvgIpc) is 2.20. The predicted octanol–water partition coefficient (Wildman–Crippen LogP) is 1.28. The Balaban J connectivity index is 2.50. The van der Waals surface area contributed by atoms with Crippen LogP contribution >= 0.6 is 0 Å². The molecule has 16 heavy (non-hydrogen) atoms. The van der Waals surface area contributed by atoms with Crippen molar-refractivity contribution in [2.24, 2.45) is 5.11 Å². The van der Waals surface area contributed by atoms with Crippen LogP contribution in [0.1, 0.15) is 20.3 Å². The van der Waals surface area contributed by atoms with Crippen LogP contribution in [0.15, 0.2) is 5.11 Å². The smallest absolute Gasteiger partial charge is 0.410 e. The molecule has 7 nitrogen and oxygen atoms in total. The fourth-order valence-electron chi connectivity index (χ4n) is 1.56. The molecule has 90 valence electrons. The number of aliphatic hydroxyl groups is 1. The van der Waals surface area contributed by atoms with E-state index in [1.54, 1.807) is 13.8 Å². The van der Waals surface area contributed by atoms with Crippen LogP contribution in [-0.2, 0) is 4.74 Å². The maximum Gasteiger partial charge on any atom is 0.410 e. The fraction of sp³-hybridized carbons (Fsp3) is 0.889. The first-order valence-electron chi connectivity index (χ1n) is 5.22. The van der Waals surface area contributed by atoms with Gasteiger partial charge in [-0.1, -0.05) is 5.11 Å². The maximum atomic E-state index is 11.5. The average molecular weight is 228 g/mol. The number of azide groups is 1. The van der Waals surface area contributed by atoms with Crippen LogP contribution in [0.3, 0.4) is 0 Å². The molecular formula is C9H16N4O3. The lowest BCUT2D eigenvalue weighted by Crippen LogP contribution is -2.48. The Morgan fingerprint density at radius 2 is 2.38 bits per heavy atom. The standard InChI is InChI=1S/C9H16N4O3/c1-6(2)16-9(15)13-4-3-7(11-12-10)8(14)5-13/h6-8,14H,3-5H2,1-2H3/t7-,8-/m1/s1. The van der Waals surface area contributed by atoms with Gasteiger partial charge in [-0.25, -0.2) is 4.79 Å². The zero-order chi connectivity index (χ0) is 12.1. The van der Waals surface area contributed by atoms with E-state index in [-0.39, 0.29) is 12.6 Å². The fourth-order valence-corrected chi connectivity index (χ4v) is 1.56. The van der Waals surface area contributed by atoms with E-state index in [1.165, 1.54) is 4.90 Å². The molecule has 1 aliphatic rings. The summed E-state index contributed by atoms with van der Waals surface area (Å²) in [6.45, 7) is 4.11. The van der Waals surface area contributed by atoms with Crippen molar-refractivity contribution in [3.63, 3.8) is 0 Å². The third-order valence-corrected chi connectivity index (χ3v) is 2.34. The van der Waals surface area contributed by atoms with E-state index in [0.717, 1.165) is 0 Å². The summed E-state index contributed by atoms with van der Waals surface area (Å²) in [5, 5.41) is 13.1. The zero-order valence-corrected chi connectivity index (χ0v) is 9.41. The summed E-state index contributed by atoms with van der Waals surface area (Å²) in [7, 11) is 0. The van der Waals surface area contributed by atoms with Crippen LogP contribution in [0.25, 0.3) is 10.4 Å². The number of amides is 1. The van der Waals surface area contributed by atoms with Gasteiger partial charge < -0.3 is 14.7 Å². The minimum Gasteiger partial charge on any atom is -0.447 e. The molecule has 0 aromatic rings. The molecule has 7 heteroatoms. The highest BCUT2D eigenvalue weighted by Gasteiger charge is 2.30. The van der Waals surface area contributed by atoms with E-state index >= 15 is 0 Å². The number of carbonyl (C=O) groups is 1. The Morgan fingerprint density at radius 3 is 2.88 bits per heavy atom. The molecule has 1 aliphatic heterocycles. The summed E-state index contributed by atoms with van der Waals surface area (Å²) >= 11 is 0. The summed E-state index contributed by atoms with van der Waals surface area (Å²) in [5.41, 5.74) is 8.27. The molecule has 0 bridgehead atoms. The van der Waals surface area contributed by atoms with Crippen LogP contribution in [0.5, 0.6) is 0 Å². The minimum absolute atomic E-state index is 0.148. The van der Waals surface area contributed by atoms with Gasteiger partial charge in [0.25, 0.3) is 0 Å². The van der Waals surface area contributed by atoms with Crippen LogP contribution in [-0.4, -0.2) is 47.4 Å². The molecule has 2 atom stereocenters. The van der Waals surface area contributed by atoms with Gasteiger partial charge in [0, 0.05) is 11.5 Å². The van der Waals surface area contributed by atoms with Crippen molar-refractivity contribution in [2.75, 3.05) is 13.1 Å². The van der Waals surface area contributed by atoms with E-state index in [0.29, 0.717) is 13.0 Å². The number of carbonyl (C=O) groups excluding carboxylic acids is 1. The molecule has 1 N–H and O–H groups in total. The molecule has 0 saturated carbocycles. The molecule has 0 aliphatic carbocycles. The second kappa shape index (κ2) is 5.58. The molecule has 1 heterocycles. The summed E-state index contributed by atoms with van der Waals surface area (Å²) < 4.78 is 5.01. The van der Waals surface area contributed by atoms with Gasteiger partial charge in [0.05, 0.1) is 24.8 Å². The summed E-state index contributed by atoms with van der Waals surface area (Å²) in [6, 6.07) is -0.451. The number of ether oxygens (including phenoxy) is 1. The molecule has 1 saturated heterocycles.